The van der Waals surface area contributed by atoms with Crippen LogP contribution in [0.2, 0.25) is 0 Å². The maximum absolute atomic E-state index is 10.5. The third-order valence-electron chi connectivity index (χ3n) is 2.36. The van der Waals surface area contributed by atoms with Crippen molar-refractivity contribution in [3.8, 4) is 0 Å². The number of hydrogen-bond acceptors (Lipinski definition) is 3. The van der Waals surface area contributed by atoms with Gasteiger partial charge in [0.1, 0.15) is 5.84 Å². The van der Waals surface area contributed by atoms with Crippen molar-refractivity contribution in [2.45, 2.75) is 12.8 Å². The van der Waals surface area contributed by atoms with Crippen molar-refractivity contribution in [2.75, 3.05) is 0 Å². The summed E-state index contributed by atoms with van der Waals surface area (Å²) in [4.78, 5) is 14.8. The average molecular weight is 216 g/mol. The number of para-hydroxylation sites is 1. The number of benzene rings is 1. The first-order valence-electron chi connectivity index (χ1n) is 5.01. The van der Waals surface area contributed by atoms with E-state index in [1.54, 1.807) is 0 Å². The van der Waals surface area contributed by atoms with Crippen LogP contribution in [0, 0.1) is 0 Å². The Kier molecular flexibility index (Phi) is 2.72. The number of nitrogens with one attached hydrogen (secondary N) is 1. The maximum Gasteiger partial charge on any atom is 0.303 e. The van der Waals surface area contributed by atoms with E-state index in [0.29, 0.717) is 12.3 Å². The van der Waals surface area contributed by atoms with Crippen LogP contribution in [0.3, 0.4) is 0 Å². The van der Waals surface area contributed by atoms with Crippen molar-refractivity contribution in [1.82, 2.24) is 5.32 Å². The summed E-state index contributed by atoms with van der Waals surface area (Å²) in [6, 6.07) is 7.64. The summed E-state index contributed by atoms with van der Waals surface area (Å²) in [5.74, 6) is -0.167. The molecule has 16 heavy (non-hydrogen) atoms. The number of carboxylic acid groups (broad SMARTS) is 1. The number of rotatable bonds is 3. The van der Waals surface area contributed by atoms with Gasteiger partial charge in [0.15, 0.2) is 0 Å². The summed E-state index contributed by atoms with van der Waals surface area (Å²) in [6.07, 6.45) is 0.462. The summed E-state index contributed by atoms with van der Waals surface area (Å²) >= 11 is 0. The molecule has 1 heterocycles. The Hall–Kier alpha value is -2.10. The van der Waals surface area contributed by atoms with Gasteiger partial charge in [0.25, 0.3) is 0 Å². The molecule has 1 aromatic rings. The smallest absolute Gasteiger partial charge is 0.303 e. The van der Waals surface area contributed by atoms with E-state index in [0.717, 1.165) is 16.9 Å². The fourth-order valence-corrected chi connectivity index (χ4v) is 1.58. The lowest BCUT2D eigenvalue weighted by molar-refractivity contribution is -0.136. The summed E-state index contributed by atoms with van der Waals surface area (Å²) in [5, 5.41) is 11.6. The highest BCUT2D eigenvalue weighted by Crippen LogP contribution is 2.27. The summed E-state index contributed by atoms with van der Waals surface area (Å²) < 4.78 is 0. The van der Waals surface area contributed by atoms with Crippen LogP contribution in [-0.4, -0.2) is 16.9 Å². The molecule has 1 aliphatic heterocycles. The van der Waals surface area contributed by atoms with Crippen molar-refractivity contribution in [3.63, 3.8) is 0 Å². The van der Waals surface area contributed by atoms with Crippen LogP contribution >= 0.6 is 0 Å². The first-order valence-corrected chi connectivity index (χ1v) is 5.01. The normalized spacial score (nSPS) is 13.8. The van der Waals surface area contributed by atoms with Gasteiger partial charge in [-0.2, -0.15) is 0 Å². The van der Waals surface area contributed by atoms with Crippen molar-refractivity contribution in [1.29, 1.82) is 0 Å². The lowest BCUT2D eigenvalue weighted by Gasteiger charge is -2.19. The minimum absolute atomic E-state index is 0.0707. The van der Waals surface area contributed by atoms with Gasteiger partial charge in [-0.25, -0.2) is 4.99 Å². The minimum atomic E-state index is -0.825. The number of aliphatic carboxylic acids is 1. The molecular formula is C12H12N2O2. The second-order valence-electron chi connectivity index (χ2n) is 3.57. The van der Waals surface area contributed by atoms with Crippen molar-refractivity contribution in [2.24, 2.45) is 4.99 Å². The predicted octanol–water partition coefficient (Wildman–Crippen LogP) is 2.16. The van der Waals surface area contributed by atoms with Crippen LogP contribution < -0.4 is 5.32 Å². The van der Waals surface area contributed by atoms with Crippen LogP contribution in [0.4, 0.5) is 5.69 Å². The van der Waals surface area contributed by atoms with Gasteiger partial charge >= 0.3 is 5.97 Å². The molecule has 1 aromatic carbocycles. The first-order chi connectivity index (χ1) is 7.66. The molecule has 0 saturated heterocycles. The second kappa shape index (κ2) is 4.18. The van der Waals surface area contributed by atoms with E-state index in [9.17, 15) is 4.79 Å². The van der Waals surface area contributed by atoms with Gasteiger partial charge in [0.05, 0.1) is 12.1 Å². The third kappa shape index (κ3) is 2.11. The van der Waals surface area contributed by atoms with Gasteiger partial charge in [-0.15, -0.1) is 0 Å². The number of hydrogen-bond donors (Lipinski definition) is 2. The molecule has 0 aliphatic carbocycles. The Morgan fingerprint density at radius 3 is 2.94 bits per heavy atom. The molecule has 82 valence electrons. The molecule has 0 spiro atoms. The molecule has 2 rings (SSSR count). The Bertz CT molecular complexity index is 478. The van der Waals surface area contributed by atoms with E-state index in [-0.39, 0.29) is 6.42 Å². The summed E-state index contributed by atoms with van der Waals surface area (Å²) in [5.41, 5.74) is 2.57. The Labute approximate surface area is 93.3 Å². The zero-order chi connectivity index (χ0) is 11.5. The van der Waals surface area contributed by atoms with Gasteiger partial charge in [-0.1, -0.05) is 24.8 Å². The lowest BCUT2D eigenvalue weighted by atomic mass is 10.1. The lowest BCUT2D eigenvalue weighted by Crippen LogP contribution is -2.24. The van der Waals surface area contributed by atoms with E-state index in [1.165, 1.54) is 0 Å². The van der Waals surface area contributed by atoms with Gasteiger partial charge < -0.3 is 10.4 Å². The Balaban J connectivity index is 2.23. The molecular weight excluding hydrogens is 204 g/mol. The molecule has 4 nitrogen and oxygen atoms in total. The van der Waals surface area contributed by atoms with Crippen LogP contribution in [0.15, 0.2) is 35.8 Å². The molecule has 4 heteroatoms. The molecule has 1 aliphatic rings. The molecule has 0 aromatic heterocycles. The topological polar surface area (TPSA) is 61.7 Å². The molecule has 0 atom stereocenters. The van der Waals surface area contributed by atoms with Crippen molar-refractivity contribution >= 4 is 23.2 Å². The largest absolute Gasteiger partial charge is 0.481 e. The van der Waals surface area contributed by atoms with E-state index in [1.807, 2.05) is 24.3 Å². The highest BCUT2D eigenvalue weighted by atomic mass is 16.4. The van der Waals surface area contributed by atoms with Crippen molar-refractivity contribution in [3.05, 3.63) is 36.4 Å². The fourth-order valence-electron chi connectivity index (χ4n) is 1.58. The van der Waals surface area contributed by atoms with E-state index in [4.69, 9.17) is 5.11 Å². The molecule has 0 amide bonds. The highest BCUT2D eigenvalue weighted by molar-refractivity contribution is 5.98. The van der Waals surface area contributed by atoms with Crippen LogP contribution in [0.25, 0.3) is 5.70 Å². The SMILES string of the molecule is C=C1NC(CCC(=O)O)=Nc2ccccc21. The number of amidine groups is 1. The van der Waals surface area contributed by atoms with E-state index >= 15 is 0 Å². The molecule has 0 unspecified atom stereocenters. The minimum Gasteiger partial charge on any atom is -0.481 e. The van der Waals surface area contributed by atoms with Gasteiger partial charge in [0, 0.05) is 17.7 Å². The van der Waals surface area contributed by atoms with Gasteiger partial charge in [0.2, 0.25) is 0 Å². The quantitative estimate of drug-likeness (QED) is 0.813. The van der Waals surface area contributed by atoms with E-state index < -0.39 is 5.97 Å². The zero-order valence-electron chi connectivity index (χ0n) is 8.73. The number of carboxylic acids is 1. The standard InChI is InChI=1S/C12H12N2O2/c1-8-9-4-2-3-5-10(9)14-11(13-8)6-7-12(15)16/h2-5H,1,6-7H2,(H,13,14)(H,15,16). The fraction of sp³-hybridized carbons (Fsp3) is 0.167. The Morgan fingerprint density at radius 1 is 1.44 bits per heavy atom. The maximum atomic E-state index is 10.5. The first kappa shape index (κ1) is 10.4. The second-order valence-corrected chi connectivity index (χ2v) is 3.57. The van der Waals surface area contributed by atoms with Gasteiger partial charge in [-0.05, 0) is 6.07 Å². The summed E-state index contributed by atoms with van der Waals surface area (Å²) in [6.45, 7) is 3.89. The molecule has 0 bridgehead atoms. The van der Waals surface area contributed by atoms with E-state index in [2.05, 4.69) is 16.9 Å². The monoisotopic (exact) mass is 216 g/mol. The van der Waals surface area contributed by atoms with Crippen LogP contribution in [-0.2, 0) is 4.79 Å². The van der Waals surface area contributed by atoms with Crippen molar-refractivity contribution < 1.29 is 9.90 Å². The molecule has 0 radical (unpaired) electrons. The molecule has 0 saturated carbocycles. The van der Waals surface area contributed by atoms with Crippen LogP contribution in [0.5, 0.6) is 0 Å². The highest BCUT2D eigenvalue weighted by Gasteiger charge is 2.14. The Morgan fingerprint density at radius 2 is 2.19 bits per heavy atom. The summed E-state index contributed by atoms with van der Waals surface area (Å²) in [7, 11) is 0. The zero-order valence-corrected chi connectivity index (χ0v) is 8.73. The number of carbonyl (C=O) groups is 1. The van der Waals surface area contributed by atoms with Crippen LogP contribution in [0.1, 0.15) is 18.4 Å². The molecule has 0 fully saturated rings. The van der Waals surface area contributed by atoms with Gasteiger partial charge in [-0.3, -0.25) is 4.79 Å². The third-order valence-corrected chi connectivity index (χ3v) is 2.36. The predicted molar refractivity (Wildman–Crippen MR) is 62.6 cm³/mol. The molecule has 2 N–H and O–H groups in total. The number of nitrogens with zero attached hydrogens (tertiary/aromatic N) is 1. The average Bonchev–Trinajstić information content (AvgIpc) is 2.26. The number of fused-ring (bicyclic) bond motifs is 1. The number of aliphatic imine (C=N–C) groups is 1.